The Hall–Kier alpha value is -1.42. The van der Waals surface area contributed by atoms with Gasteiger partial charge in [-0.15, -0.1) is 0 Å². The van der Waals surface area contributed by atoms with E-state index >= 15 is 0 Å². The first-order valence-electron chi connectivity index (χ1n) is 7.49. The third-order valence-corrected chi connectivity index (χ3v) is 5.98. The van der Waals surface area contributed by atoms with Crippen LogP contribution in [0.25, 0.3) is 10.8 Å². The fourth-order valence-electron chi connectivity index (χ4n) is 2.64. The average molecular weight is 303 g/mol. The second kappa shape index (κ2) is 6.56. The van der Waals surface area contributed by atoms with E-state index in [1.165, 1.54) is 0 Å². The highest BCUT2D eigenvalue weighted by Gasteiger charge is 2.24. The van der Waals surface area contributed by atoms with Crippen LogP contribution in [0.5, 0.6) is 0 Å². The number of fused-ring (bicyclic) bond motifs is 1. The molecule has 0 spiro atoms. The van der Waals surface area contributed by atoms with E-state index in [0.717, 1.165) is 47.2 Å². The van der Waals surface area contributed by atoms with Gasteiger partial charge in [-0.05, 0) is 44.2 Å². The lowest BCUT2D eigenvalue weighted by Crippen LogP contribution is -2.32. The van der Waals surface area contributed by atoms with E-state index < -0.39 is 0 Å². The Kier molecular flexibility index (Phi) is 4.99. The number of anilines is 2. The van der Waals surface area contributed by atoms with Crippen molar-refractivity contribution in [3.63, 3.8) is 0 Å². The summed E-state index contributed by atoms with van der Waals surface area (Å²) >= 11 is 1.95. The minimum absolute atomic E-state index is 0.287. The molecule has 0 saturated heterocycles. The second-order valence-electron chi connectivity index (χ2n) is 5.52. The van der Waals surface area contributed by atoms with Crippen LogP contribution >= 0.6 is 11.8 Å². The van der Waals surface area contributed by atoms with E-state index in [1.807, 2.05) is 30.9 Å². The number of nitrogen functional groups attached to an aromatic ring is 1. The zero-order chi connectivity index (χ0) is 15.5. The summed E-state index contributed by atoms with van der Waals surface area (Å²) < 4.78 is 0.287. The van der Waals surface area contributed by atoms with E-state index in [1.54, 1.807) is 0 Å². The predicted molar refractivity (Wildman–Crippen MR) is 96.2 cm³/mol. The van der Waals surface area contributed by atoms with Crippen molar-refractivity contribution < 1.29 is 0 Å². The lowest BCUT2D eigenvalue weighted by molar-refractivity contribution is 0.575. The lowest BCUT2D eigenvalue weighted by atomic mass is 10.0. The first-order chi connectivity index (χ1) is 10.0. The molecule has 1 aromatic heterocycles. The van der Waals surface area contributed by atoms with Gasteiger partial charge in [-0.2, -0.15) is 11.8 Å². The molecule has 114 valence electrons. The van der Waals surface area contributed by atoms with Crippen LogP contribution in [0.4, 0.5) is 11.4 Å². The SMILES string of the molecule is CCC(CC)(CNc1ccc(N)c2cnc(C)cc12)SC. The molecule has 1 aromatic carbocycles. The molecule has 2 aromatic rings. The number of nitrogens with one attached hydrogen (secondary N) is 1. The molecule has 0 amide bonds. The van der Waals surface area contributed by atoms with Gasteiger partial charge in [0, 0.05) is 45.3 Å². The predicted octanol–water partition coefficient (Wildman–Crippen LogP) is 4.46. The number of hydrogen-bond donors (Lipinski definition) is 2. The van der Waals surface area contributed by atoms with Gasteiger partial charge in [0.05, 0.1) is 0 Å². The van der Waals surface area contributed by atoms with Gasteiger partial charge >= 0.3 is 0 Å². The molecule has 2 rings (SSSR count). The first-order valence-corrected chi connectivity index (χ1v) is 8.71. The van der Waals surface area contributed by atoms with Crippen LogP contribution in [-0.2, 0) is 0 Å². The highest BCUT2D eigenvalue weighted by Crippen LogP contribution is 2.33. The van der Waals surface area contributed by atoms with Crippen LogP contribution in [0.15, 0.2) is 24.4 Å². The summed E-state index contributed by atoms with van der Waals surface area (Å²) in [6.45, 7) is 7.49. The van der Waals surface area contributed by atoms with Crippen LogP contribution < -0.4 is 11.1 Å². The summed E-state index contributed by atoms with van der Waals surface area (Å²) in [6.07, 6.45) is 6.38. The van der Waals surface area contributed by atoms with Crippen molar-refractivity contribution in [1.29, 1.82) is 0 Å². The van der Waals surface area contributed by atoms with Gasteiger partial charge < -0.3 is 11.1 Å². The van der Waals surface area contributed by atoms with E-state index in [0.29, 0.717) is 0 Å². The first kappa shape index (κ1) is 16.0. The molecule has 0 aliphatic carbocycles. The Morgan fingerprint density at radius 2 is 1.95 bits per heavy atom. The molecule has 0 fully saturated rings. The molecule has 0 unspecified atom stereocenters. The molecule has 1 heterocycles. The van der Waals surface area contributed by atoms with Crippen LogP contribution in [0.1, 0.15) is 32.4 Å². The maximum Gasteiger partial charge on any atom is 0.0423 e. The Balaban J connectivity index is 2.35. The lowest BCUT2D eigenvalue weighted by Gasteiger charge is -2.30. The highest BCUT2D eigenvalue weighted by atomic mass is 32.2. The summed E-state index contributed by atoms with van der Waals surface area (Å²) in [4.78, 5) is 4.35. The molecule has 0 aliphatic heterocycles. The molecule has 0 atom stereocenters. The fraction of sp³-hybridized carbons (Fsp3) is 0.471. The molecule has 0 aliphatic rings. The van der Waals surface area contributed by atoms with Crippen molar-refractivity contribution in [2.45, 2.75) is 38.4 Å². The number of pyridine rings is 1. The number of aromatic nitrogens is 1. The van der Waals surface area contributed by atoms with Gasteiger partial charge in [0.2, 0.25) is 0 Å². The Morgan fingerprint density at radius 3 is 2.57 bits per heavy atom. The number of thioether (sulfide) groups is 1. The second-order valence-corrected chi connectivity index (χ2v) is 6.80. The molecular formula is C17H25N3S. The zero-order valence-corrected chi connectivity index (χ0v) is 14.2. The largest absolute Gasteiger partial charge is 0.398 e. The highest BCUT2D eigenvalue weighted by molar-refractivity contribution is 8.00. The van der Waals surface area contributed by atoms with Crippen molar-refractivity contribution in [3.05, 3.63) is 30.1 Å². The van der Waals surface area contributed by atoms with Crippen molar-refractivity contribution >= 4 is 33.9 Å². The number of hydrogen-bond acceptors (Lipinski definition) is 4. The molecule has 0 saturated carbocycles. The topological polar surface area (TPSA) is 50.9 Å². The Labute approximate surface area is 131 Å². The summed E-state index contributed by atoms with van der Waals surface area (Å²) in [6, 6.07) is 6.14. The molecule has 3 nitrogen and oxygen atoms in total. The molecule has 0 bridgehead atoms. The van der Waals surface area contributed by atoms with Crippen LogP contribution in [0, 0.1) is 6.92 Å². The summed E-state index contributed by atoms with van der Waals surface area (Å²) in [7, 11) is 0. The Morgan fingerprint density at radius 1 is 1.24 bits per heavy atom. The van der Waals surface area contributed by atoms with Crippen molar-refractivity contribution in [2.75, 3.05) is 23.9 Å². The third kappa shape index (κ3) is 3.26. The monoisotopic (exact) mass is 303 g/mol. The van der Waals surface area contributed by atoms with Crippen molar-refractivity contribution in [2.24, 2.45) is 0 Å². The average Bonchev–Trinajstić information content (AvgIpc) is 2.51. The van der Waals surface area contributed by atoms with Gasteiger partial charge in [0.15, 0.2) is 0 Å². The summed E-state index contributed by atoms with van der Waals surface area (Å²) in [5, 5.41) is 5.81. The van der Waals surface area contributed by atoms with Gasteiger partial charge in [-0.3, -0.25) is 4.98 Å². The molecular weight excluding hydrogens is 278 g/mol. The summed E-state index contributed by atoms with van der Waals surface area (Å²) in [5.74, 6) is 0. The molecule has 3 N–H and O–H groups in total. The Bertz CT molecular complexity index is 612. The molecule has 21 heavy (non-hydrogen) atoms. The number of rotatable bonds is 6. The van der Waals surface area contributed by atoms with Crippen molar-refractivity contribution in [3.8, 4) is 0 Å². The van der Waals surface area contributed by atoms with E-state index in [4.69, 9.17) is 5.73 Å². The van der Waals surface area contributed by atoms with E-state index in [2.05, 4.69) is 42.5 Å². The smallest absolute Gasteiger partial charge is 0.0423 e. The fourth-order valence-corrected chi connectivity index (χ4v) is 3.43. The number of benzene rings is 1. The summed E-state index contributed by atoms with van der Waals surface area (Å²) in [5.41, 5.74) is 9.00. The van der Waals surface area contributed by atoms with Gasteiger partial charge in [-0.1, -0.05) is 13.8 Å². The zero-order valence-electron chi connectivity index (χ0n) is 13.4. The van der Waals surface area contributed by atoms with Gasteiger partial charge in [-0.25, -0.2) is 0 Å². The van der Waals surface area contributed by atoms with E-state index in [9.17, 15) is 0 Å². The maximum absolute atomic E-state index is 6.06. The van der Waals surface area contributed by atoms with Gasteiger partial charge in [0.1, 0.15) is 0 Å². The molecule has 0 radical (unpaired) electrons. The minimum atomic E-state index is 0.287. The third-order valence-electron chi connectivity index (χ3n) is 4.39. The standard InChI is InChI=1S/C17H25N3S/c1-5-17(6-2,21-4)11-20-16-8-7-15(18)14-10-19-12(3)9-13(14)16/h7-10,20H,5-6,11,18H2,1-4H3. The van der Waals surface area contributed by atoms with Crippen LogP contribution in [-0.4, -0.2) is 22.5 Å². The molecule has 4 heteroatoms. The quantitative estimate of drug-likeness (QED) is 0.774. The maximum atomic E-state index is 6.06. The number of aryl methyl sites for hydroxylation is 1. The normalized spacial score (nSPS) is 11.8. The van der Waals surface area contributed by atoms with Gasteiger partial charge in [0.25, 0.3) is 0 Å². The van der Waals surface area contributed by atoms with Crippen LogP contribution in [0.2, 0.25) is 0 Å². The van der Waals surface area contributed by atoms with E-state index in [-0.39, 0.29) is 4.75 Å². The number of nitrogens with two attached hydrogens (primary N) is 1. The van der Waals surface area contributed by atoms with Crippen LogP contribution in [0.3, 0.4) is 0 Å². The number of nitrogens with zero attached hydrogens (tertiary/aromatic N) is 1. The minimum Gasteiger partial charge on any atom is -0.398 e. The van der Waals surface area contributed by atoms with Crippen molar-refractivity contribution in [1.82, 2.24) is 4.98 Å².